The van der Waals surface area contributed by atoms with Crippen LogP contribution in [0.4, 0.5) is 4.79 Å². The summed E-state index contributed by atoms with van der Waals surface area (Å²) in [4.78, 5) is 26.6. The van der Waals surface area contributed by atoms with Gasteiger partial charge < -0.3 is 14.4 Å². The zero-order valence-electron chi connectivity index (χ0n) is 20.8. The summed E-state index contributed by atoms with van der Waals surface area (Å²) in [5.41, 5.74) is 1.34. The summed E-state index contributed by atoms with van der Waals surface area (Å²) in [5.74, 6) is 0.184. The summed E-state index contributed by atoms with van der Waals surface area (Å²) < 4.78 is 10.8. The highest BCUT2D eigenvalue weighted by atomic mass is 16.7. The van der Waals surface area contributed by atoms with Crippen molar-refractivity contribution in [3.05, 3.63) is 48.0 Å². The Bertz CT molecular complexity index is 989. The van der Waals surface area contributed by atoms with Crippen molar-refractivity contribution >= 4 is 22.8 Å². The van der Waals surface area contributed by atoms with E-state index in [0.717, 1.165) is 25.7 Å². The first-order valence-corrected chi connectivity index (χ1v) is 13.2. The first-order valence-electron chi connectivity index (χ1n) is 13.2. The number of hydrogen-bond acceptors (Lipinski definition) is 4. The van der Waals surface area contributed by atoms with Gasteiger partial charge in [0.05, 0.1) is 0 Å². The van der Waals surface area contributed by atoms with Gasteiger partial charge in [-0.25, -0.2) is 4.79 Å². The van der Waals surface area contributed by atoms with Crippen LogP contribution < -0.4 is 0 Å². The van der Waals surface area contributed by atoms with Crippen LogP contribution in [-0.4, -0.2) is 36.3 Å². The van der Waals surface area contributed by atoms with Gasteiger partial charge in [-0.05, 0) is 35.1 Å². The van der Waals surface area contributed by atoms with Gasteiger partial charge in [0, 0.05) is 31.8 Å². The quantitative estimate of drug-likeness (QED) is 0.193. The molecule has 1 saturated heterocycles. The maximum atomic E-state index is 12.7. The van der Waals surface area contributed by atoms with Gasteiger partial charge in [-0.2, -0.15) is 0 Å². The molecule has 0 aromatic heterocycles. The topological polar surface area (TPSA) is 55.8 Å². The third-order valence-corrected chi connectivity index (χ3v) is 7.53. The van der Waals surface area contributed by atoms with E-state index < -0.39 is 6.29 Å². The van der Waals surface area contributed by atoms with Crippen LogP contribution in [0.15, 0.2) is 42.5 Å². The van der Waals surface area contributed by atoms with E-state index in [1.54, 1.807) is 11.8 Å². The Morgan fingerprint density at radius 2 is 1.68 bits per heavy atom. The molecule has 1 aliphatic heterocycles. The average Bonchev–Trinajstić information content (AvgIpc) is 3.40. The van der Waals surface area contributed by atoms with Crippen molar-refractivity contribution in [1.29, 1.82) is 0 Å². The van der Waals surface area contributed by atoms with Gasteiger partial charge in [-0.1, -0.05) is 94.3 Å². The number of likely N-dealkylation sites (tertiary alicyclic amines) is 1. The Balaban J connectivity index is 1.17. The highest BCUT2D eigenvalue weighted by Gasteiger charge is 2.62. The number of carbonyl (C=O) groups excluding carboxylic acids is 2. The standard InChI is InChI=1S/C29H39NO4/c1-3-4-5-6-7-8-9-10-15-27(31)33-22(2)34-28(32)30-20-26-19-29(26,21-30)25-17-16-23-13-11-12-14-24(23)18-25/h11-14,16-18,22,26H,3-10,15,19-21H2,1-2H3/t22?,26-,29+/m1/s1. The number of nitrogens with zero attached hydrogens (tertiary/aromatic N) is 1. The van der Waals surface area contributed by atoms with E-state index in [0.29, 0.717) is 25.4 Å². The summed E-state index contributed by atoms with van der Waals surface area (Å²) in [6.07, 6.45) is 9.68. The van der Waals surface area contributed by atoms with Crippen molar-refractivity contribution in [1.82, 2.24) is 4.90 Å². The summed E-state index contributed by atoms with van der Waals surface area (Å²) in [6, 6.07) is 15.0. The maximum absolute atomic E-state index is 12.7. The van der Waals surface area contributed by atoms with Crippen LogP contribution in [0.25, 0.3) is 10.8 Å². The van der Waals surface area contributed by atoms with E-state index in [4.69, 9.17) is 9.47 Å². The second-order valence-corrected chi connectivity index (χ2v) is 10.2. The molecule has 5 heteroatoms. The lowest BCUT2D eigenvalue weighted by molar-refractivity contribution is -0.166. The third-order valence-electron chi connectivity index (χ3n) is 7.53. The smallest absolute Gasteiger partial charge is 0.412 e. The van der Waals surface area contributed by atoms with Crippen LogP contribution in [-0.2, 0) is 19.7 Å². The molecule has 2 aromatic rings. The Morgan fingerprint density at radius 1 is 0.971 bits per heavy atom. The number of ether oxygens (including phenoxy) is 2. The van der Waals surface area contributed by atoms with Crippen molar-refractivity contribution in [3.63, 3.8) is 0 Å². The van der Waals surface area contributed by atoms with Crippen LogP contribution >= 0.6 is 0 Å². The Kier molecular flexibility index (Phi) is 8.12. The molecule has 4 rings (SSSR count). The molecule has 2 aliphatic rings. The number of piperidine rings is 1. The lowest BCUT2D eigenvalue weighted by Crippen LogP contribution is -2.36. The highest BCUT2D eigenvalue weighted by molar-refractivity contribution is 5.83. The Hall–Kier alpha value is -2.56. The Morgan fingerprint density at radius 3 is 2.44 bits per heavy atom. The summed E-state index contributed by atoms with van der Waals surface area (Å²) in [5, 5.41) is 2.47. The average molecular weight is 466 g/mol. The van der Waals surface area contributed by atoms with Crippen LogP contribution in [0.5, 0.6) is 0 Å². The monoisotopic (exact) mass is 465 g/mol. The number of hydrogen-bond donors (Lipinski definition) is 0. The van der Waals surface area contributed by atoms with Crippen molar-refractivity contribution in [3.8, 4) is 0 Å². The van der Waals surface area contributed by atoms with Gasteiger partial charge in [0.15, 0.2) is 0 Å². The second-order valence-electron chi connectivity index (χ2n) is 10.2. The van der Waals surface area contributed by atoms with Gasteiger partial charge in [-0.15, -0.1) is 0 Å². The van der Waals surface area contributed by atoms with E-state index in [1.807, 2.05) is 0 Å². The molecule has 1 amide bonds. The van der Waals surface area contributed by atoms with E-state index in [1.165, 1.54) is 48.4 Å². The number of benzene rings is 2. The molecule has 0 spiro atoms. The summed E-state index contributed by atoms with van der Waals surface area (Å²) in [6.45, 7) is 5.21. The normalized spacial score (nSPS) is 21.8. The molecule has 2 aromatic carbocycles. The third kappa shape index (κ3) is 5.92. The molecule has 34 heavy (non-hydrogen) atoms. The highest BCUT2D eigenvalue weighted by Crippen LogP contribution is 2.59. The van der Waals surface area contributed by atoms with Crippen molar-refractivity contribution in [2.45, 2.75) is 89.8 Å². The molecule has 0 radical (unpaired) electrons. The van der Waals surface area contributed by atoms with Gasteiger partial charge >= 0.3 is 12.1 Å². The summed E-state index contributed by atoms with van der Waals surface area (Å²) in [7, 11) is 0. The van der Waals surface area contributed by atoms with Crippen LogP contribution in [0.2, 0.25) is 0 Å². The second kappa shape index (κ2) is 11.2. The van der Waals surface area contributed by atoms with E-state index in [2.05, 4.69) is 49.4 Å². The first-order chi connectivity index (χ1) is 16.5. The zero-order chi connectivity index (χ0) is 24.0. The molecule has 3 atom stereocenters. The molecule has 5 nitrogen and oxygen atoms in total. The summed E-state index contributed by atoms with van der Waals surface area (Å²) >= 11 is 0. The molecule has 184 valence electrons. The van der Waals surface area contributed by atoms with E-state index >= 15 is 0 Å². The zero-order valence-corrected chi connectivity index (χ0v) is 20.8. The number of rotatable bonds is 12. The minimum absolute atomic E-state index is 0.0412. The van der Waals surface area contributed by atoms with Crippen molar-refractivity contribution in [2.24, 2.45) is 5.92 Å². The molecule has 1 unspecified atom stereocenters. The minimum atomic E-state index is -0.859. The largest absolute Gasteiger partial charge is 0.425 e. The maximum Gasteiger partial charge on any atom is 0.412 e. The van der Waals surface area contributed by atoms with E-state index in [9.17, 15) is 9.59 Å². The predicted molar refractivity (Wildman–Crippen MR) is 135 cm³/mol. The number of fused-ring (bicyclic) bond motifs is 2. The van der Waals surface area contributed by atoms with Crippen LogP contribution in [0.3, 0.4) is 0 Å². The van der Waals surface area contributed by atoms with Crippen LogP contribution in [0, 0.1) is 5.92 Å². The van der Waals surface area contributed by atoms with E-state index in [-0.39, 0.29) is 17.5 Å². The molecular weight excluding hydrogens is 426 g/mol. The molecule has 0 bridgehead atoms. The minimum Gasteiger partial charge on any atom is -0.425 e. The Labute approximate surface area is 203 Å². The van der Waals surface area contributed by atoms with Gasteiger partial charge in [0.25, 0.3) is 0 Å². The van der Waals surface area contributed by atoms with Gasteiger partial charge in [0.1, 0.15) is 0 Å². The molecule has 1 heterocycles. The molecular formula is C29H39NO4. The molecule has 1 saturated carbocycles. The van der Waals surface area contributed by atoms with Gasteiger partial charge in [0.2, 0.25) is 6.29 Å². The van der Waals surface area contributed by atoms with Crippen molar-refractivity contribution in [2.75, 3.05) is 13.1 Å². The van der Waals surface area contributed by atoms with Crippen LogP contribution in [0.1, 0.15) is 83.6 Å². The molecule has 2 fully saturated rings. The lowest BCUT2D eigenvalue weighted by Gasteiger charge is -2.23. The predicted octanol–water partition coefficient (Wildman–Crippen LogP) is 6.97. The number of esters is 1. The number of carbonyl (C=O) groups is 2. The first kappa shape index (κ1) is 24.6. The fourth-order valence-corrected chi connectivity index (χ4v) is 5.46. The van der Waals surface area contributed by atoms with Crippen molar-refractivity contribution < 1.29 is 19.1 Å². The lowest BCUT2D eigenvalue weighted by atomic mass is 9.93. The molecule has 0 N–H and O–H groups in total. The number of amides is 1. The molecule has 1 aliphatic carbocycles. The van der Waals surface area contributed by atoms with Gasteiger partial charge in [-0.3, -0.25) is 4.79 Å². The number of unbranched alkanes of at least 4 members (excludes halogenated alkanes) is 7. The fourth-order valence-electron chi connectivity index (χ4n) is 5.46. The fraction of sp³-hybridized carbons (Fsp3) is 0.586. The SMILES string of the molecule is CCCCCCCCCCC(=O)OC(C)OC(=O)N1C[C@H]2C[C@@]2(c2ccc3ccccc3c2)C1.